The molecular formula is C15H32O3Si. The fraction of sp³-hybridized carbons (Fsp3) is 1.00. The molecule has 0 aliphatic heterocycles. The maximum absolute atomic E-state index is 11.0. The lowest BCUT2D eigenvalue weighted by atomic mass is 10.2. The van der Waals surface area contributed by atoms with E-state index in [4.69, 9.17) is 8.85 Å². The van der Waals surface area contributed by atoms with Gasteiger partial charge in [0, 0.05) is 5.54 Å². The van der Waals surface area contributed by atoms with E-state index < -0.39 is 8.80 Å². The van der Waals surface area contributed by atoms with Crippen LogP contribution < -0.4 is 0 Å². The van der Waals surface area contributed by atoms with Crippen molar-refractivity contribution in [3.63, 3.8) is 0 Å². The first kappa shape index (κ1) is 17.1. The predicted molar refractivity (Wildman–Crippen MR) is 81.0 cm³/mol. The number of hydrogen-bond donors (Lipinski definition) is 1. The molecule has 0 aromatic carbocycles. The highest BCUT2D eigenvalue weighted by molar-refractivity contribution is 6.62. The van der Waals surface area contributed by atoms with E-state index in [-0.39, 0.29) is 16.7 Å². The Morgan fingerprint density at radius 1 is 1.05 bits per heavy atom. The molecule has 19 heavy (non-hydrogen) atoms. The van der Waals surface area contributed by atoms with Crippen LogP contribution >= 0.6 is 0 Å². The van der Waals surface area contributed by atoms with Crippen LogP contribution in [0.2, 0.25) is 5.54 Å². The molecule has 1 aliphatic rings. The molecule has 1 saturated carbocycles. The minimum Gasteiger partial charge on any atom is -0.390 e. The molecule has 1 aliphatic carbocycles. The summed E-state index contributed by atoms with van der Waals surface area (Å²) in [5, 5.41) is 0. The van der Waals surface area contributed by atoms with Crippen LogP contribution in [0.25, 0.3) is 0 Å². The first-order valence-corrected chi connectivity index (χ1v) is 9.44. The van der Waals surface area contributed by atoms with Gasteiger partial charge in [-0.05, 0) is 53.9 Å². The molecule has 0 unspecified atom stereocenters. The molecule has 1 rings (SSSR count). The first-order chi connectivity index (χ1) is 8.47. The van der Waals surface area contributed by atoms with Crippen molar-refractivity contribution < 1.29 is 13.6 Å². The fourth-order valence-corrected chi connectivity index (χ4v) is 5.99. The van der Waals surface area contributed by atoms with Gasteiger partial charge in [-0.2, -0.15) is 0 Å². The Labute approximate surface area is 120 Å². The Morgan fingerprint density at radius 3 is 1.89 bits per heavy atom. The average molecular weight is 289 g/mol. The zero-order valence-electron chi connectivity index (χ0n) is 13.7. The molecule has 1 fully saturated rings. The Hall–Kier alpha value is 0.0969. The summed E-state index contributed by atoms with van der Waals surface area (Å²) >= 11 is 0. The molecule has 114 valence electrons. The van der Waals surface area contributed by atoms with Crippen molar-refractivity contribution >= 4 is 8.80 Å². The Balaban J connectivity index is 2.71. The Kier molecular flexibility index (Phi) is 5.27. The second-order valence-corrected chi connectivity index (χ2v) is 10.2. The van der Waals surface area contributed by atoms with Gasteiger partial charge in [0.2, 0.25) is 0 Å². The maximum atomic E-state index is 11.0. The van der Waals surface area contributed by atoms with Crippen molar-refractivity contribution in [1.29, 1.82) is 0 Å². The lowest BCUT2D eigenvalue weighted by Gasteiger charge is -2.37. The van der Waals surface area contributed by atoms with E-state index >= 15 is 0 Å². The van der Waals surface area contributed by atoms with E-state index in [9.17, 15) is 4.80 Å². The normalized spacial score (nSPS) is 24.6. The van der Waals surface area contributed by atoms with Gasteiger partial charge in [-0.15, -0.1) is 0 Å². The zero-order valence-corrected chi connectivity index (χ0v) is 14.7. The Morgan fingerprint density at radius 2 is 1.53 bits per heavy atom. The summed E-state index contributed by atoms with van der Waals surface area (Å²) in [5.74, 6) is 0.598. The van der Waals surface area contributed by atoms with Gasteiger partial charge in [-0.3, -0.25) is 0 Å². The van der Waals surface area contributed by atoms with Crippen LogP contribution in [-0.2, 0) is 8.85 Å². The third kappa shape index (κ3) is 5.94. The van der Waals surface area contributed by atoms with E-state index in [1.165, 1.54) is 19.3 Å². The molecule has 1 N–H and O–H groups in total. The van der Waals surface area contributed by atoms with Crippen LogP contribution in [0.5, 0.6) is 0 Å². The SMILES string of the molecule is CCCC[C@H]1C[C@@H]1[Si](O)(OC(C)(C)C)OC(C)(C)C. The monoisotopic (exact) mass is 288 g/mol. The topological polar surface area (TPSA) is 38.7 Å². The fourth-order valence-electron chi connectivity index (χ4n) is 2.53. The maximum Gasteiger partial charge on any atom is 0.502 e. The van der Waals surface area contributed by atoms with Crippen molar-refractivity contribution in [1.82, 2.24) is 0 Å². The molecule has 0 spiro atoms. The Bertz CT molecular complexity index is 275. The molecule has 0 bridgehead atoms. The highest BCUT2D eigenvalue weighted by Gasteiger charge is 2.61. The lowest BCUT2D eigenvalue weighted by molar-refractivity contribution is -0.0291. The van der Waals surface area contributed by atoms with E-state index in [2.05, 4.69) is 6.92 Å². The van der Waals surface area contributed by atoms with Gasteiger partial charge in [0.1, 0.15) is 0 Å². The lowest BCUT2D eigenvalue weighted by Crippen LogP contribution is -2.53. The third-order valence-corrected chi connectivity index (χ3v) is 6.68. The van der Waals surface area contributed by atoms with E-state index in [1.807, 2.05) is 41.5 Å². The van der Waals surface area contributed by atoms with Gasteiger partial charge >= 0.3 is 8.80 Å². The summed E-state index contributed by atoms with van der Waals surface area (Å²) < 4.78 is 12.0. The first-order valence-electron chi connectivity index (χ1n) is 7.59. The summed E-state index contributed by atoms with van der Waals surface area (Å²) in [6, 6.07) is 0. The smallest absolute Gasteiger partial charge is 0.390 e. The van der Waals surface area contributed by atoms with Gasteiger partial charge in [0.15, 0.2) is 0 Å². The van der Waals surface area contributed by atoms with Crippen LogP contribution in [0.15, 0.2) is 0 Å². The van der Waals surface area contributed by atoms with Gasteiger partial charge in [0.25, 0.3) is 0 Å². The molecule has 0 radical (unpaired) electrons. The second-order valence-electron chi connectivity index (χ2n) is 7.80. The highest BCUT2D eigenvalue weighted by Crippen LogP contribution is 2.55. The predicted octanol–water partition coefficient (Wildman–Crippen LogP) is 4.13. The van der Waals surface area contributed by atoms with Gasteiger partial charge in [-0.25, -0.2) is 0 Å². The number of rotatable bonds is 6. The average Bonchev–Trinajstić information content (AvgIpc) is 2.87. The van der Waals surface area contributed by atoms with Crippen molar-refractivity contribution in [2.45, 2.75) is 90.9 Å². The van der Waals surface area contributed by atoms with E-state index in [0.717, 1.165) is 6.42 Å². The van der Waals surface area contributed by atoms with Gasteiger partial charge < -0.3 is 13.6 Å². The number of unbranched alkanes of at least 4 members (excludes halogenated alkanes) is 1. The standard InChI is InChI=1S/C15H32O3Si/c1-8-9-10-12-11-13(12)19(16,17-14(2,3)4)18-15(5,6)7/h12-13,16H,8-11H2,1-7H3/t12-,13-/m0/s1. The van der Waals surface area contributed by atoms with Gasteiger partial charge in [-0.1, -0.05) is 26.2 Å². The van der Waals surface area contributed by atoms with E-state index in [0.29, 0.717) is 5.92 Å². The molecule has 4 heteroatoms. The van der Waals surface area contributed by atoms with Crippen LogP contribution in [-0.4, -0.2) is 24.8 Å². The van der Waals surface area contributed by atoms with Crippen molar-refractivity contribution in [2.75, 3.05) is 0 Å². The molecule has 2 atom stereocenters. The van der Waals surface area contributed by atoms with E-state index in [1.54, 1.807) is 0 Å². The zero-order chi connectivity index (χ0) is 14.9. The van der Waals surface area contributed by atoms with Crippen molar-refractivity contribution in [3.05, 3.63) is 0 Å². The minimum atomic E-state index is -3.10. The molecular weight excluding hydrogens is 256 g/mol. The van der Waals surface area contributed by atoms with Crippen LogP contribution in [0.3, 0.4) is 0 Å². The minimum absolute atomic E-state index is 0.248. The number of hydrogen-bond acceptors (Lipinski definition) is 3. The summed E-state index contributed by atoms with van der Waals surface area (Å²) in [4.78, 5) is 11.0. The van der Waals surface area contributed by atoms with Gasteiger partial charge in [0.05, 0.1) is 11.2 Å². The largest absolute Gasteiger partial charge is 0.502 e. The van der Waals surface area contributed by atoms with Crippen LogP contribution in [0.1, 0.15) is 74.1 Å². The summed E-state index contributed by atoms with van der Waals surface area (Å²) in [7, 11) is -3.10. The van der Waals surface area contributed by atoms with Crippen molar-refractivity contribution in [3.8, 4) is 0 Å². The molecule has 3 nitrogen and oxygen atoms in total. The quantitative estimate of drug-likeness (QED) is 0.747. The summed E-state index contributed by atoms with van der Waals surface area (Å²) in [6.07, 6.45) is 4.70. The molecule has 0 aromatic heterocycles. The summed E-state index contributed by atoms with van der Waals surface area (Å²) in [6.45, 7) is 14.1. The van der Waals surface area contributed by atoms with Crippen molar-refractivity contribution in [2.24, 2.45) is 5.92 Å². The second kappa shape index (κ2) is 5.84. The van der Waals surface area contributed by atoms with Crippen LogP contribution in [0, 0.1) is 5.92 Å². The summed E-state index contributed by atoms with van der Waals surface area (Å²) in [5.41, 5.74) is -0.466. The highest BCUT2D eigenvalue weighted by atomic mass is 28.4. The molecule has 0 aromatic rings. The third-order valence-electron chi connectivity index (χ3n) is 3.22. The molecule has 0 heterocycles. The van der Waals surface area contributed by atoms with Crippen LogP contribution in [0.4, 0.5) is 0 Å². The molecule has 0 amide bonds. The molecule has 0 saturated heterocycles.